The molecule has 0 fully saturated rings. The molecule has 2 rings (SSSR count). The summed E-state index contributed by atoms with van der Waals surface area (Å²) in [5, 5.41) is 12.0. The van der Waals surface area contributed by atoms with Gasteiger partial charge in [-0.3, -0.25) is 4.79 Å². The van der Waals surface area contributed by atoms with E-state index in [4.69, 9.17) is 5.26 Å². The van der Waals surface area contributed by atoms with E-state index in [1.165, 1.54) is 4.88 Å². The lowest BCUT2D eigenvalue weighted by molar-refractivity contribution is -0.121. The van der Waals surface area contributed by atoms with Crippen LogP contribution >= 0.6 is 27.3 Å². The Labute approximate surface area is 130 Å². The van der Waals surface area contributed by atoms with Crippen LogP contribution in [-0.2, 0) is 11.2 Å². The number of benzene rings is 1. The molecular formula is C15H13BrN2OS. The van der Waals surface area contributed by atoms with Crippen LogP contribution < -0.4 is 5.32 Å². The average Bonchev–Trinajstić information content (AvgIpc) is 2.86. The van der Waals surface area contributed by atoms with E-state index in [2.05, 4.69) is 27.3 Å². The second-order valence-corrected chi connectivity index (χ2v) is 6.77. The number of amides is 1. The summed E-state index contributed by atoms with van der Waals surface area (Å²) in [4.78, 5) is 13.2. The van der Waals surface area contributed by atoms with Crippen LogP contribution in [0.1, 0.15) is 16.4 Å². The quantitative estimate of drug-likeness (QED) is 0.899. The molecule has 0 spiro atoms. The molecule has 0 saturated heterocycles. The third-order valence-corrected chi connectivity index (χ3v) is 4.51. The molecule has 0 saturated carbocycles. The first-order valence-corrected chi connectivity index (χ1v) is 7.78. The van der Waals surface area contributed by atoms with Crippen molar-refractivity contribution in [3.8, 4) is 6.07 Å². The molecule has 1 unspecified atom stereocenters. The third-order valence-electron chi connectivity index (χ3n) is 2.82. The topological polar surface area (TPSA) is 52.9 Å². The van der Waals surface area contributed by atoms with Crippen molar-refractivity contribution in [3.05, 3.63) is 56.7 Å². The summed E-state index contributed by atoms with van der Waals surface area (Å²) in [5.74, 6) is -0.986. The summed E-state index contributed by atoms with van der Waals surface area (Å²) >= 11 is 5.06. The van der Waals surface area contributed by atoms with Gasteiger partial charge in [0.25, 0.3) is 0 Å². The van der Waals surface area contributed by atoms with Crippen molar-refractivity contribution in [2.45, 2.75) is 12.3 Å². The highest BCUT2D eigenvalue weighted by Crippen LogP contribution is 2.22. The van der Waals surface area contributed by atoms with E-state index in [0.717, 1.165) is 15.8 Å². The molecule has 0 bridgehead atoms. The van der Waals surface area contributed by atoms with E-state index in [9.17, 15) is 4.79 Å². The largest absolute Gasteiger partial charge is 0.354 e. The minimum absolute atomic E-state index is 0.241. The standard InChI is InChI=1S/C15H13BrN2OS/c16-14-7-6-12(20-14)8-9-18-15(19)13(10-17)11-4-2-1-3-5-11/h1-7,13H,8-9H2,(H,18,19). The van der Waals surface area contributed by atoms with Crippen molar-refractivity contribution in [3.63, 3.8) is 0 Å². The molecule has 1 N–H and O–H groups in total. The highest BCUT2D eigenvalue weighted by atomic mass is 79.9. The van der Waals surface area contributed by atoms with Crippen LogP contribution in [0.3, 0.4) is 0 Å². The number of carbonyl (C=O) groups is 1. The summed E-state index contributed by atoms with van der Waals surface area (Å²) in [6, 6.07) is 15.2. The van der Waals surface area contributed by atoms with Gasteiger partial charge in [-0.2, -0.15) is 5.26 Å². The van der Waals surface area contributed by atoms with Crippen molar-refractivity contribution < 1.29 is 4.79 Å². The molecule has 3 nitrogen and oxygen atoms in total. The zero-order valence-electron chi connectivity index (χ0n) is 10.7. The highest BCUT2D eigenvalue weighted by molar-refractivity contribution is 9.11. The summed E-state index contributed by atoms with van der Waals surface area (Å²) in [5.41, 5.74) is 0.728. The van der Waals surface area contributed by atoms with E-state index in [0.29, 0.717) is 6.54 Å². The van der Waals surface area contributed by atoms with Crippen molar-refractivity contribution in [2.24, 2.45) is 0 Å². The number of hydrogen-bond acceptors (Lipinski definition) is 3. The number of nitrogens with zero attached hydrogens (tertiary/aromatic N) is 1. The molecule has 1 atom stereocenters. The Hall–Kier alpha value is -1.64. The van der Waals surface area contributed by atoms with Crippen molar-refractivity contribution in [1.82, 2.24) is 5.32 Å². The smallest absolute Gasteiger partial charge is 0.241 e. The van der Waals surface area contributed by atoms with Gasteiger partial charge in [0.15, 0.2) is 0 Å². The van der Waals surface area contributed by atoms with E-state index in [1.54, 1.807) is 23.5 Å². The average molecular weight is 349 g/mol. The first-order chi connectivity index (χ1) is 9.70. The molecule has 1 amide bonds. The van der Waals surface area contributed by atoms with Crippen LogP contribution in [0.2, 0.25) is 0 Å². The van der Waals surface area contributed by atoms with Crippen molar-refractivity contribution in [1.29, 1.82) is 5.26 Å². The molecule has 1 heterocycles. The summed E-state index contributed by atoms with van der Waals surface area (Å²) in [6.45, 7) is 0.538. The second-order valence-electron chi connectivity index (χ2n) is 4.22. The Morgan fingerprint density at radius 2 is 2.05 bits per heavy atom. The number of nitriles is 1. The highest BCUT2D eigenvalue weighted by Gasteiger charge is 2.19. The maximum absolute atomic E-state index is 12.0. The van der Waals surface area contributed by atoms with E-state index in [1.807, 2.05) is 30.3 Å². The normalized spacial score (nSPS) is 11.6. The monoisotopic (exact) mass is 348 g/mol. The van der Waals surface area contributed by atoms with Gasteiger partial charge in [0, 0.05) is 11.4 Å². The summed E-state index contributed by atoms with van der Waals surface area (Å²) < 4.78 is 1.08. The Morgan fingerprint density at radius 3 is 2.65 bits per heavy atom. The fraction of sp³-hybridized carbons (Fsp3) is 0.200. The lowest BCUT2D eigenvalue weighted by atomic mass is 10.00. The van der Waals surface area contributed by atoms with Crippen LogP contribution in [-0.4, -0.2) is 12.5 Å². The second kappa shape index (κ2) is 7.22. The van der Waals surface area contributed by atoms with Gasteiger partial charge < -0.3 is 5.32 Å². The molecule has 2 aromatic rings. The zero-order valence-corrected chi connectivity index (χ0v) is 13.1. The molecular weight excluding hydrogens is 336 g/mol. The lowest BCUT2D eigenvalue weighted by Gasteiger charge is -2.10. The van der Waals surface area contributed by atoms with Crippen molar-refractivity contribution >= 4 is 33.2 Å². The Bertz CT molecular complexity index is 618. The molecule has 0 aliphatic rings. The minimum Gasteiger partial charge on any atom is -0.354 e. The first-order valence-electron chi connectivity index (χ1n) is 6.17. The van der Waals surface area contributed by atoms with Gasteiger partial charge in [-0.15, -0.1) is 11.3 Å². The number of thiophene rings is 1. The van der Waals surface area contributed by atoms with Gasteiger partial charge in [0.05, 0.1) is 9.86 Å². The number of nitrogens with one attached hydrogen (secondary N) is 1. The SMILES string of the molecule is N#CC(C(=O)NCCc1ccc(Br)s1)c1ccccc1. The zero-order chi connectivity index (χ0) is 14.4. The molecule has 1 aromatic carbocycles. The first kappa shape index (κ1) is 14.8. The van der Waals surface area contributed by atoms with E-state index in [-0.39, 0.29) is 5.91 Å². The number of carbonyl (C=O) groups excluding carboxylic acids is 1. The Balaban J connectivity index is 1.89. The fourth-order valence-corrected chi connectivity index (χ4v) is 3.31. The molecule has 0 radical (unpaired) electrons. The van der Waals surface area contributed by atoms with Crippen LogP contribution in [0, 0.1) is 11.3 Å². The molecule has 5 heteroatoms. The number of rotatable bonds is 5. The maximum Gasteiger partial charge on any atom is 0.241 e. The summed E-state index contributed by atoms with van der Waals surface area (Å²) in [6.07, 6.45) is 0.773. The van der Waals surface area contributed by atoms with E-state index >= 15 is 0 Å². The molecule has 102 valence electrons. The molecule has 0 aliphatic heterocycles. The van der Waals surface area contributed by atoms with Crippen LogP contribution in [0.5, 0.6) is 0 Å². The van der Waals surface area contributed by atoms with Crippen LogP contribution in [0.25, 0.3) is 0 Å². The Morgan fingerprint density at radius 1 is 1.30 bits per heavy atom. The number of hydrogen-bond donors (Lipinski definition) is 1. The maximum atomic E-state index is 12.0. The molecule has 1 aromatic heterocycles. The van der Waals surface area contributed by atoms with Gasteiger partial charge in [0.1, 0.15) is 5.92 Å². The predicted molar refractivity (Wildman–Crippen MR) is 83.5 cm³/mol. The molecule has 20 heavy (non-hydrogen) atoms. The van der Waals surface area contributed by atoms with Gasteiger partial charge in [-0.05, 0) is 40.0 Å². The lowest BCUT2D eigenvalue weighted by Crippen LogP contribution is -2.30. The Kier molecular flexibility index (Phi) is 5.33. The summed E-state index contributed by atoms with van der Waals surface area (Å²) in [7, 11) is 0. The predicted octanol–water partition coefficient (Wildman–Crippen LogP) is 3.48. The fourth-order valence-electron chi connectivity index (χ4n) is 1.83. The van der Waals surface area contributed by atoms with Gasteiger partial charge >= 0.3 is 0 Å². The van der Waals surface area contributed by atoms with Crippen LogP contribution in [0.15, 0.2) is 46.3 Å². The third kappa shape index (κ3) is 3.92. The minimum atomic E-state index is -0.744. The van der Waals surface area contributed by atoms with Crippen LogP contribution in [0.4, 0.5) is 0 Å². The number of halogens is 1. The van der Waals surface area contributed by atoms with E-state index < -0.39 is 5.92 Å². The van der Waals surface area contributed by atoms with Gasteiger partial charge in [-0.1, -0.05) is 30.3 Å². The van der Waals surface area contributed by atoms with Crippen molar-refractivity contribution in [2.75, 3.05) is 6.54 Å². The molecule has 0 aliphatic carbocycles. The van der Waals surface area contributed by atoms with Gasteiger partial charge in [-0.25, -0.2) is 0 Å². The van der Waals surface area contributed by atoms with Gasteiger partial charge in [0.2, 0.25) is 5.91 Å².